The Bertz CT molecular complexity index is 1150. The predicted molar refractivity (Wildman–Crippen MR) is 114 cm³/mol. The number of rotatable bonds is 4. The number of anilines is 1. The molecule has 5 rings (SSSR count). The fourth-order valence-electron chi connectivity index (χ4n) is 4.17. The van der Waals surface area contributed by atoms with Crippen molar-refractivity contribution in [2.45, 2.75) is 32.7 Å². The maximum Gasteiger partial charge on any atom is 0.178 e. The van der Waals surface area contributed by atoms with E-state index in [1.165, 1.54) is 11.6 Å². The van der Waals surface area contributed by atoms with Gasteiger partial charge in [0.05, 0.1) is 25.0 Å². The van der Waals surface area contributed by atoms with Gasteiger partial charge in [-0.25, -0.2) is 18.7 Å². The summed E-state index contributed by atoms with van der Waals surface area (Å²) in [5, 5.41) is 0. The zero-order valence-electron chi connectivity index (χ0n) is 17.5. The molecule has 0 bridgehead atoms. The molecular formula is C24H23F2N3O2. The minimum atomic E-state index is -0.590. The first kappa shape index (κ1) is 19.7. The Hall–Kier alpha value is -3.22. The molecule has 3 aromatic rings. The highest BCUT2D eigenvalue weighted by Gasteiger charge is 2.25. The van der Waals surface area contributed by atoms with Gasteiger partial charge in [-0.15, -0.1) is 0 Å². The maximum absolute atomic E-state index is 14.8. The Morgan fingerprint density at radius 3 is 2.77 bits per heavy atom. The minimum absolute atomic E-state index is 0.0818. The van der Waals surface area contributed by atoms with E-state index in [4.69, 9.17) is 9.47 Å². The van der Waals surface area contributed by atoms with Crippen LogP contribution < -0.4 is 14.4 Å². The van der Waals surface area contributed by atoms with Crippen molar-refractivity contribution in [3.8, 4) is 22.8 Å². The Kier molecular flexibility index (Phi) is 4.96. The lowest BCUT2D eigenvalue weighted by molar-refractivity contribution is 0.287. The summed E-state index contributed by atoms with van der Waals surface area (Å²) in [4.78, 5) is 10.6. The molecule has 2 aliphatic rings. The van der Waals surface area contributed by atoms with E-state index in [0.29, 0.717) is 43.3 Å². The van der Waals surface area contributed by atoms with E-state index in [0.717, 1.165) is 23.9 Å². The highest BCUT2D eigenvalue weighted by atomic mass is 19.1. The number of halogens is 2. The molecule has 0 fully saturated rings. The second-order valence-corrected chi connectivity index (χ2v) is 8.14. The van der Waals surface area contributed by atoms with Crippen molar-refractivity contribution in [2.75, 3.05) is 24.7 Å². The SMILES string of the molecule is CC(C)N1CCOc2c(F)cc(-c3nc(Cc4ccc5c(c4)OCC5)ncc3F)cc21. The van der Waals surface area contributed by atoms with Crippen molar-refractivity contribution in [1.29, 1.82) is 0 Å². The van der Waals surface area contributed by atoms with Gasteiger partial charge in [0.2, 0.25) is 0 Å². The predicted octanol–water partition coefficient (Wildman–Crippen LogP) is 4.55. The normalized spacial score (nSPS) is 14.8. The molecule has 0 atom stereocenters. The molecule has 0 unspecified atom stereocenters. The summed E-state index contributed by atoms with van der Waals surface area (Å²) in [5.41, 5.74) is 3.23. The molecule has 160 valence electrons. The monoisotopic (exact) mass is 423 g/mol. The Morgan fingerprint density at radius 1 is 1.06 bits per heavy atom. The second-order valence-electron chi connectivity index (χ2n) is 8.14. The molecule has 0 N–H and O–H groups in total. The first-order chi connectivity index (χ1) is 15.0. The van der Waals surface area contributed by atoms with Crippen LogP contribution >= 0.6 is 0 Å². The van der Waals surface area contributed by atoms with E-state index in [1.54, 1.807) is 6.07 Å². The highest BCUT2D eigenvalue weighted by Crippen LogP contribution is 2.39. The fraction of sp³-hybridized carbons (Fsp3) is 0.333. The van der Waals surface area contributed by atoms with Crippen LogP contribution in [0.5, 0.6) is 11.5 Å². The molecule has 31 heavy (non-hydrogen) atoms. The third-order valence-electron chi connectivity index (χ3n) is 5.73. The smallest absolute Gasteiger partial charge is 0.178 e. The van der Waals surface area contributed by atoms with Gasteiger partial charge in [-0.3, -0.25) is 0 Å². The van der Waals surface area contributed by atoms with Crippen LogP contribution in [0.4, 0.5) is 14.5 Å². The standard InChI is InChI=1S/C24H23F2N3O2/c1-14(2)29-6-8-31-24-18(25)11-17(12-20(24)29)23-19(26)13-27-22(28-23)10-15-3-4-16-5-7-30-21(16)9-15/h3-4,9,11-14H,5-8,10H2,1-2H3. The second kappa shape index (κ2) is 7.80. The Labute approximate surface area is 179 Å². The quantitative estimate of drug-likeness (QED) is 0.616. The van der Waals surface area contributed by atoms with E-state index in [9.17, 15) is 8.78 Å². The summed E-state index contributed by atoms with van der Waals surface area (Å²) in [6.45, 7) is 5.81. The lowest BCUT2D eigenvalue weighted by Crippen LogP contribution is -2.38. The number of hydrogen-bond acceptors (Lipinski definition) is 5. The Balaban J connectivity index is 1.51. The van der Waals surface area contributed by atoms with Gasteiger partial charge in [0.15, 0.2) is 17.4 Å². The Morgan fingerprint density at radius 2 is 1.94 bits per heavy atom. The van der Waals surface area contributed by atoms with Gasteiger partial charge in [-0.05, 0) is 43.2 Å². The molecule has 0 radical (unpaired) electrons. The topological polar surface area (TPSA) is 47.5 Å². The van der Waals surface area contributed by atoms with Gasteiger partial charge in [0.1, 0.15) is 23.9 Å². The van der Waals surface area contributed by atoms with E-state index >= 15 is 0 Å². The summed E-state index contributed by atoms with van der Waals surface area (Å²) in [6, 6.07) is 9.21. The van der Waals surface area contributed by atoms with Crippen LogP contribution in [0.15, 0.2) is 36.5 Å². The summed E-state index contributed by atoms with van der Waals surface area (Å²) >= 11 is 0. The summed E-state index contributed by atoms with van der Waals surface area (Å²) in [6.07, 6.45) is 2.49. The number of hydrogen-bond donors (Lipinski definition) is 0. The molecule has 3 heterocycles. The van der Waals surface area contributed by atoms with E-state index < -0.39 is 11.6 Å². The van der Waals surface area contributed by atoms with E-state index in [2.05, 4.69) is 14.9 Å². The van der Waals surface area contributed by atoms with Crippen molar-refractivity contribution in [2.24, 2.45) is 0 Å². The van der Waals surface area contributed by atoms with Crippen LogP contribution in [0.1, 0.15) is 30.8 Å². The van der Waals surface area contributed by atoms with Crippen LogP contribution in [0.25, 0.3) is 11.3 Å². The molecule has 0 saturated carbocycles. The highest BCUT2D eigenvalue weighted by molar-refractivity contribution is 5.72. The lowest BCUT2D eigenvalue weighted by atomic mass is 10.1. The van der Waals surface area contributed by atoms with Crippen LogP contribution in [0.3, 0.4) is 0 Å². The molecule has 2 aromatic carbocycles. The fourth-order valence-corrected chi connectivity index (χ4v) is 4.17. The molecule has 5 nitrogen and oxygen atoms in total. The molecule has 2 aliphatic heterocycles. The van der Waals surface area contributed by atoms with E-state index in [1.807, 2.05) is 32.0 Å². The van der Waals surface area contributed by atoms with Crippen molar-refractivity contribution >= 4 is 5.69 Å². The van der Waals surface area contributed by atoms with Gasteiger partial charge in [-0.2, -0.15) is 0 Å². The minimum Gasteiger partial charge on any atom is -0.493 e. The van der Waals surface area contributed by atoms with Gasteiger partial charge in [0.25, 0.3) is 0 Å². The van der Waals surface area contributed by atoms with Gasteiger partial charge in [-0.1, -0.05) is 12.1 Å². The molecule has 1 aromatic heterocycles. The van der Waals surface area contributed by atoms with Gasteiger partial charge >= 0.3 is 0 Å². The first-order valence-corrected chi connectivity index (χ1v) is 10.5. The zero-order valence-corrected chi connectivity index (χ0v) is 17.5. The summed E-state index contributed by atoms with van der Waals surface area (Å²) in [7, 11) is 0. The van der Waals surface area contributed by atoms with Gasteiger partial charge < -0.3 is 14.4 Å². The van der Waals surface area contributed by atoms with Crippen molar-refractivity contribution in [3.05, 3.63) is 65.1 Å². The molecule has 0 spiro atoms. The molecule has 0 amide bonds. The maximum atomic E-state index is 14.8. The van der Waals surface area contributed by atoms with Crippen LogP contribution in [-0.2, 0) is 12.8 Å². The third-order valence-corrected chi connectivity index (χ3v) is 5.73. The van der Waals surface area contributed by atoms with Crippen LogP contribution in [0, 0.1) is 11.6 Å². The molecule has 7 heteroatoms. The molecular weight excluding hydrogens is 400 g/mol. The van der Waals surface area contributed by atoms with E-state index in [-0.39, 0.29) is 17.5 Å². The van der Waals surface area contributed by atoms with Crippen molar-refractivity contribution < 1.29 is 18.3 Å². The van der Waals surface area contributed by atoms with Crippen LogP contribution in [0.2, 0.25) is 0 Å². The van der Waals surface area contributed by atoms with Crippen LogP contribution in [-0.4, -0.2) is 35.8 Å². The van der Waals surface area contributed by atoms with Crippen molar-refractivity contribution in [1.82, 2.24) is 9.97 Å². The van der Waals surface area contributed by atoms with Gasteiger partial charge in [0, 0.05) is 24.4 Å². The molecule has 0 aliphatic carbocycles. The first-order valence-electron chi connectivity index (χ1n) is 10.5. The average Bonchev–Trinajstić information content (AvgIpc) is 3.22. The number of aromatic nitrogens is 2. The number of benzene rings is 2. The third kappa shape index (κ3) is 3.69. The number of ether oxygens (including phenoxy) is 2. The average molecular weight is 423 g/mol. The zero-order chi connectivity index (χ0) is 21.5. The summed E-state index contributed by atoms with van der Waals surface area (Å²) < 4.78 is 40.7. The molecule has 0 saturated heterocycles. The summed E-state index contributed by atoms with van der Waals surface area (Å²) in [5.74, 6) is 0.438. The number of nitrogens with zero attached hydrogens (tertiary/aromatic N) is 3. The largest absolute Gasteiger partial charge is 0.493 e. The number of fused-ring (bicyclic) bond motifs is 2. The lowest BCUT2D eigenvalue weighted by Gasteiger charge is -2.34. The van der Waals surface area contributed by atoms with Crippen molar-refractivity contribution in [3.63, 3.8) is 0 Å².